The molecule has 0 spiro atoms. The molecule has 3 nitrogen and oxygen atoms in total. The first-order valence-electron chi connectivity index (χ1n) is 5.87. The zero-order valence-corrected chi connectivity index (χ0v) is 10.3. The number of methoxy groups -OCH3 is 1. The average Bonchev–Trinajstić information content (AvgIpc) is 2.46. The first-order chi connectivity index (χ1) is 8.79. The normalized spacial score (nSPS) is 10.1. The van der Waals surface area contributed by atoms with Crippen LogP contribution < -0.4 is 0 Å². The number of ether oxygens (including phenoxy) is 1. The second kappa shape index (κ2) is 5.96. The molecule has 0 radical (unpaired) electrons. The maximum Gasteiger partial charge on any atom is 0.356 e. The molecule has 0 bridgehead atoms. The molecule has 0 aliphatic rings. The van der Waals surface area contributed by atoms with E-state index >= 15 is 0 Å². The number of carbonyl (C=O) groups is 1. The van der Waals surface area contributed by atoms with E-state index in [9.17, 15) is 4.79 Å². The van der Waals surface area contributed by atoms with Crippen LogP contribution in [0.4, 0.5) is 0 Å². The van der Waals surface area contributed by atoms with Crippen molar-refractivity contribution in [3.05, 3.63) is 65.5 Å². The topological polar surface area (TPSA) is 39.2 Å². The Morgan fingerprint density at radius 3 is 2.39 bits per heavy atom. The lowest BCUT2D eigenvalue weighted by Gasteiger charge is -2.03. The van der Waals surface area contributed by atoms with Gasteiger partial charge in [0.1, 0.15) is 5.69 Å². The van der Waals surface area contributed by atoms with Crippen LogP contribution in [0.25, 0.3) is 0 Å². The Balaban J connectivity index is 1.97. The van der Waals surface area contributed by atoms with Gasteiger partial charge in [-0.1, -0.05) is 36.4 Å². The van der Waals surface area contributed by atoms with Gasteiger partial charge in [-0.15, -0.1) is 0 Å². The van der Waals surface area contributed by atoms with Gasteiger partial charge in [-0.25, -0.2) is 9.78 Å². The van der Waals surface area contributed by atoms with Crippen molar-refractivity contribution in [1.29, 1.82) is 0 Å². The highest BCUT2D eigenvalue weighted by atomic mass is 16.5. The van der Waals surface area contributed by atoms with Crippen LogP contribution in [0, 0.1) is 0 Å². The van der Waals surface area contributed by atoms with Gasteiger partial charge in [-0.05, 0) is 30.0 Å². The number of pyridine rings is 1. The molecule has 2 aromatic rings. The summed E-state index contributed by atoms with van der Waals surface area (Å²) in [5.41, 5.74) is 2.77. The standard InChI is InChI=1S/C15H15NO2/c1-18-15(17)14-10-9-13(11-16-14)8-7-12-5-3-2-4-6-12/h2-6,9-11H,7-8H2,1H3. The number of hydrogen-bond donors (Lipinski definition) is 0. The zero-order chi connectivity index (χ0) is 12.8. The largest absolute Gasteiger partial charge is 0.464 e. The Bertz CT molecular complexity index is 506. The molecule has 3 heteroatoms. The molecule has 1 aromatic heterocycles. The maximum absolute atomic E-state index is 11.2. The molecule has 92 valence electrons. The van der Waals surface area contributed by atoms with Gasteiger partial charge in [0.05, 0.1) is 7.11 Å². The summed E-state index contributed by atoms with van der Waals surface area (Å²) in [5, 5.41) is 0. The summed E-state index contributed by atoms with van der Waals surface area (Å²) in [4.78, 5) is 15.3. The average molecular weight is 241 g/mol. The molecule has 0 saturated carbocycles. The number of benzene rings is 1. The lowest BCUT2D eigenvalue weighted by atomic mass is 10.1. The fraction of sp³-hybridized carbons (Fsp3) is 0.200. The van der Waals surface area contributed by atoms with Crippen molar-refractivity contribution in [3.63, 3.8) is 0 Å². The number of nitrogens with zero attached hydrogens (tertiary/aromatic N) is 1. The third-order valence-electron chi connectivity index (χ3n) is 2.76. The van der Waals surface area contributed by atoms with Crippen molar-refractivity contribution in [3.8, 4) is 0 Å². The molecule has 0 unspecified atom stereocenters. The highest BCUT2D eigenvalue weighted by Gasteiger charge is 2.05. The summed E-state index contributed by atoms with van der Waals surface area (Å²) in [7, 11) is 1.35. The maximum atomic E-state index is 11.2. The van der Waals surface area contributed by atoms with Crippen LogP contribution >= 0.6 is 0 Å². The van der Waals surface area contributed by atoms with Crippen LogP contribution in [-0.2, 0) is 17.6 Å². The van der Waals surface area contributed by atoms with Gasteiger partial charge >= 0.3 is 5.97 Å². The molecule has 2 rings (SSSR count). The molecule has 0 N–H and O–H groups in total. The van der Waals surface area contributed by atoms with Gasteiger partial charge in [-0.2, -0.15) is 0 Å². The van der Waals surface area contributed by atoms with Gasteiger partial charge in [0.15, 0.2) is 0 Å². The predicted molar refractivity (Wildman–Crippen MR) is 69.4 cm³/mol. The lowest BCUT2D eigenvalue weighted by molar-refractivity contribution is 0.0594. The van der Waals surface area contributed by atoms with E-state index in [2.05, 4.69) is 21.9 Å². The molecule has 18 heavy (non-hydrogen) atoms. The fourth-order valence-electron chi connectivity index (χ4n) is 1.73. The zero-order valence-electron chi connectivity index (χ0n) is 10.3. The number of esters is 1. The monoisotopic (exact) mass is 241 g/mol. The van der Waals surface area contributed by atoms with E-state index in [1.54, 1.807) is 12.3 Å². The van der Waals surface area contributed by atoms with Crippen LogP contribution in [0.3, 0.4) is 0 Å². The van der Waals surface area contributed by atoms with Gasteiger partial charge in [0, 0.05) is 6.20 Å². The van der Waals surface area contributed by atoms with Crippen LogP contribution in [0.5, 0.6) is 0 Å². The second-order valence-corrected chi connectivity index (χ2v) is 4.03. The number of aromatic nitrogens is 1. The minimum Gasteiger partial charge on any atom is -0.464 e. The minimum absolute atomic E-state index is 0.348. The molecule has 1 aromatic carbocycles. The van der Waals surface area contributed by atoms with E-state index in [-0.39, 0.29) is 0 Å². The molecule has 0 atom stereocenters. The molecular weight excluding hydrogens is 226 g/mol. The molecule has 1 heterocycles. The number of aryl methyl sites for hydroxylation is 2. The van der Waals surface area contributed by atoms with Gasteiger partial charge in [0.2, 0.25) is 0 Å². The molecular formula is C15H15NO2. The highest BCUT2D eigenvalue weighted by Crippen LogP contribution is 2.07. The molecule has 0 amide bonds. The van der Waals surface area contributed by atoms with Crippen molar-refractivity contribution in [2.24, 2.45) is 0 Å². The lowest BCUT2D eigenvalue weighted by Crippen LogP contribution is -2.04. The Labute approximate surface area is 106 Å². The van der Waals surface area contributed by atoms with Crippen LogP contribution in [0.2, 0.25) is 0 Å². The van der Waals surface area contributed by atoms with Crippen molar-refractivity contribution in [2.45, 2.75) is 12.8 Å². The Morgan fingerprint density at radius 1 is 1.06 bits per heavy atom. The van der Waals surface area contributed by atoms with Crippen LogP contribution in [0.1, 0.15) is 21.6 Å². The first-order valence-corrected chi connectivity index (χ1v) is 5.87. The summed E-state index contributed by atoms with van der Waals surface area (Å²) < 4.78 is 4.60. The summed E-state index contributed by atoms with van der Waals surface area (Å²) in [5.74, 6) is -0.399. The summed E-state index contributed by atoms with van der Waals surface area (Å²) >= 11 is 0. The van der Waals surface area contributed by atoms with Crippen LogP contribution in [-0.4, -0.2) is 18.1 Å². The summed E-state index contributed by atoms with van der Waals surface area (Å²) in [6, 6.07) is 13.9. The Kier molecular flexibility index (Phi) is 4.07. The smallest absolute Gasteiger partial charge is 0.356 e. The van der Waals surface area contributed by atoms with E-state index < -0.39 is 5.97 Å². The molecule has 0 fully saturated rings. The minimum atomic E-state index is -0.399. The summed E-state index contributed by atoms with van der Waals surface area (Å²) in [6.45, 7) is 0. The number of carbonyl (C=O) groups excluding carboxylic acids is 1. The molecule has 0 aliphatic heterocycles. The molecule has 0 saturated heterocycles. The van der Waals surface area contributed by atoms with E-state index in [1.165, 1.54) is 12.7 Å². The third-order valence-corrected chi connectivity index (χ3v) is 2.76. The quantitative estimate of drug-likeness (QED) is 0.772. The summed E-state index contributed by atoms with van der Waals surface area (Å²) in [6.07, 6.45) is 3.62. The van der Waals surface area contributed by atoms with Gasteiger partial charge in [0.25, 0.3) is 0 Å². The number of hydrogen-bond acceptors (Lipinski definition) is 3. The van der Waals surface area contributed by atoms with Crippen LogP contribution in [0.15, 0.2) is 48.7 Å². The van der Waals surface area contributed by atoms with Crippen molar-refractivity contribution >= 4 is 5.97 Å². The molecule has 0 aliphatic carbocycles. The van der Waals surface area contributed by atoms with E-state index in [0.29, 0.717) is 5.69 Å². The highest BCUT2D eigenvalue weighted by molar-refractivity contribution is 5.86. The van der Waals surface area contributed by atoms with Gasteiger partial charge in [-0.3, -0.25) is 0 Å². The van der Waals surface area contributed by atoms with E-state index in [4.69, 9.17) is 0 Å². The van der Waals surface area contributed by atoms with Crippen molar-refractivity contribution < 1.29 is 9.53 Å². The van der Waals surface area contributed by atoms with Crippen molar-refractivity contribution in [1.82, 2.24) is 4.98 Å². The Hall–Kier alpha value is -2.16. The van der Waals surface area contributed by atoms with Gasteiger partial charge < -0.3 is 4.74 Å². The first kappa shape index (κ1) is 12.3. The van der Waals surface area contributed by atoms with E-state index in [1.807, 2.05) is 24.3 Å². The Morgan fingerprint density at radius 2 is 1.78 bits per heavy atom. The van der Waals surface area contributed by atoms with E-state index in [0.717, 1.165) is 18.4 Å². The third kappa shape index (κ3) is 3.17. The number of rotatable bonds is 4. The second-order valence-electron chi connectivity index (χ2n) is 4.03. The van der Waals surface area contributed by atoms with Crippen molar-refractivity contribution in [2.75, 3.05) is 7.11 Å². The predicted octanol–water partition coefficient (Wildman–Crippen LogP) is 2.65. The fourth-order valence-corrected chi connectivity index (χ4v) is 1.73. The SMILES string of the molecule is COC(=O)c1ccc(CCc2ccccc2)cn1.